The van der Waals surface area contributed by atoms with Crippen molar-refractivity contribution in [2.45, 2.75) is 71.1 Å². The third-order valence-electron chi connectivity index (χ3n) is 8.10. The molecule has 1 aromatic heterocycles. The zero-order valence-corrected chi connectivity index (χ0v) is 24.8. The van der Waals surface area contributed by atoms with E-state index < -0.39 is 11.7 Å². The van der Waals surface area contributed by atoms with Crippen LogP contribution in [-0.4, -0.2) is 76.9 Å². The van der Waals surface area contributed by atoms with Gasteiger partial charge >= 0.3 is 6.18 Å². The van der Waals surface area contributed by atoms with E-state index in [0.717, 1.165) is 38.5 Å². The van der Waals surface area contributed by atoms with Gasteiger partial charge < -0.3 is 25.8 Å². The second-order valence-electron chi connectivity index (χ2n) is 11.9. The molecule has 1 aliphatic carbocycles. The Bertz CT molecular complexity index is 1210. The van der Waals surface area contributed by atoms with Gasteiger partial charge in [0.1, 0.15) is 11.4 Å². The lowest BCUT2D eigenvalue weighted by Gasteiger charge is -2.37. The molecule has 9 nitrogen and oxygen atoms in total. The predicted molar refractivity (Wildman–Crippen MR) is 157 cm³/mol. The average molecular weight is 590 g/mol. The number of carbonyl (C=O) groups excluding carboxylic acids is 2. The number of alkyl halides is 3. The summed E-state index contributed by atoms with van der Waals surface area (Å²) in [4.78, 5) is 37.4. The summed E-state index contributed by atoms with van der Waals surface area (Å²) in [7, 11) is 2.02. The highest BCUT2D eigenvalue weighted by atomic mass is 19.4. The highest BCUT2D eigenvalue weighted by Crippen LogP contribution is 2.38. The molecule has 1 aromatic carbocycles. The largest absolute Gasteiger partial charge is 0.421 e. The first-order valence-corrected chi connectivity index (χ1v) is 14.8. The number of nitrogens with zero attached hydrogens (tertiary/aromatic N) is 4. The number of benzene rings is 1. The number of amides is 2. The number of hydrogen-bond donors (Lipinski definition) is 3. The van der Waals surface area contributed by atoms with E-state index in [9.17, 15) is 22.8 Å². The number of likely N-dealkylation sites (N-methyl/N-ethyl adjacent to an activating group) is 1. The van der Waals surface area contributed by atoms with E-state index in [4.69, 9.17) is 0 Å². The fourth-order valence-corrected chi connectivity index (χ4v) is 5.80. The van der Waals surface area contributed by atoms with Gasteiger partial charge in [0.15, 0.2) is 0 Å². The molecule has 2 heterocycles. The zero-order valence-electron chi connectivity index (χ0n) is 24.8. The Morgan fingerprint density at radius 1 is 1.02 bits per heavy atom. The molecule has 42 heavy (non-hydrogen) atoms. The van der Waals surface area contributed by atoms with E-state index >= 15 is 0 Å². The van der Waals surface area contributed by atoms with Crippen LogP contribution in [0.2, 0.25) is 0 Å². The van der Waals surface area contributed by atoms with Crippen LogP contribution in [0.25, 0.3) is 0 Å². The maximum absolute atomic E-state index is 14.0. The molecule has 12 heteroatoms. The molecule has 2 aliphatic rings. The summed E-state index contributed by atoms with van der Waals surface area (Å²) in [6, 6.07) is 6.53. The van der Waals surface area contributed by atoms with Crippen LogP contribution < -0.4 is 16.0 Å². The number of carbonyl (C=O) groups is 2. The van der Waals surface area contributed by atoms with Crippen molar-refractivity contribution in [3.05, 3.63) is 41.6 Å². The maximum atomic E-state index is 14.0. The van der Waals surface area contributed by atoms with Crippen molar-refractivity contribution >= 4 is 29.3 Å². The van der Waals surface area contributed by atoms with Gasteiger partial charge in [-0.15, -0.1) is 0 Å². The van der Waals surface area contributed by atoms with Crippen LogP contribution in [0.3, 0.4) is 0 Å². The van der Waals surface area contributed by atoms with Gasteiger partial charge in [0.25, 0.3) is 5.91 Å². The lowest BCUT2D eigenvalue weighted by Crippen LogP contribution is -2.47. The second kappa shape index (κ2) is 13.7. The second-order valence-corrected chi connectivity index (χ2v) is 11.9. The van der Waals surface area contributed by atoms with Gasteiger partial charge in [0.05, 0.1) is 0 Å². The SMILES string of the molecule is CC(C)NC(=O)C[C@H](C)[C@H]1CCCC[C@H]1Nc1nc(Nc2ccc(C(=O)N3CCN(C)CC3)cc2)ncc1C(F)(F)F. The van der Waals surface area contributed by atoms with Crippen molar-refractivity contribution < 1.29 is 22.8 Å². The fraction of sp³-hybridized carbons (Fsp3) is 0.600. The van der Waals surface area contributed by atoms with Crippen molar-refractivity contribution in [1.29, 1.82) is 0 Å². The van der Waals surface area contributed by atoms with Crippen LogP contribution in [0.1, 0.15) is 68.8 Å². The molecule has 2 fully saturated rings. The van der Waals surface area contributed by atoms with Crippen molar-refractivity contribution in [3.8, 4) is 0 Å². The summed E-state index contributed by atoms with van der Waals surface area (Å²) in [6.07, 6.45) is -0.167. The van der Waals surface area contributed by atoms with Gasteiger partial charge in [-0.05, 0) is 69.8 Å². The number of aromatic nitrogens is 2. The summed E-state index contributed by atoms with van der Waals surface area (Å²) < 4.78 is 41.9. The maximum Gasteiger partial charge on any atom is 0.421 e. The minimum atomic E-state index is -4.64. The first kappa shape index (κ1) is 31.5. The highest BCUT2D eigenvalue weighted by molar-refractivity contribution is 5.94. The molecule has 2 aromatic rings. The van der Waals surface area contributed by atoms with Crippen LogP contribution in [0.15, 0.2) is 30.5 Å². The van der Waals surface area contributed by atoms with Gasteiger partial charge in [-0.1, -0.05) is 19.8 Å². The molecule has 230 valence electrons. The van der Waals surface area contributed by atoms with Crippen LogP contribution in [0.4, 0.5) is 30.6 Å². The van der Waals surface area contributed by atoms with Gasteiger partial charge in [-0.3, -0.25) is 9.59 Å². The normalized spacial score (nSPS) is 20.7. The van der Waals surface area contributed by atoms with Gasteiger partial charge in [0.2, 0.25) is 11.9 Å². The summed E-state index contributed by atoms with van der Waals surface area (Å²) in [5, 5.41) is 8.98. The number of hydrogen-bond acceptors (Lipinski definition) is 7. The Morgan fingerprint density at radius 3 is 2.33 bits per heavy atom. The number of nitrogens with one attached hydrogen (secondary N) is 3. The third kappa shape index (κ3) is 8.33. The average Bonchev–Trinajstić information content (AvgIpc) is 2.93. The monoisotopic (exact) mass is 589 g/mol. The molecule has 2 amide bonds. The Kier molecular flexibility index (Phi) is 10.3. The van der Waals surface area contributed by atoms with E-state index in [1.807, 2.05) is 32.7 Å². The van der Waals surface area contributed by atoms with Crippen molar-refractivity contribution in [2.75, 3.05) is 43.9 Å². The molecule has 3 N–H and O–H groups in total. The number of halogens is 3. The number of anilines is 3. The highest BCUT2D eigenvalue weighted by Gasteiger charge is 2.38. The molecule has 0 bridgehead atoms. The van der Waals surface area contributed by atoms with Crippen molar-refractivity contribution in [2.24, 2.45) is 11.8 Å². The lowest BCUT2D eigenvalue weighted by atomic mass is 9.75. The Morgan fingerprint density at radius 2 is 1.69 bits per heavy atom. The smallest absolute Gasteiger partial charge is 0.366 e. The Balaban J connectivity index is 1.48. The van der Waals surface area contributed by atoms with Crippen LogP contribution in [0.5, 0.6) is 0 Å². The molecule has 0 unspecified atom stereocenters. The summed E-state index contributed by atoms with van der Waals surface area (Å²) in [6.45, 7) is 8.75. The minimum Gasteiger partial charge on any atom is -0.366 e. The number of rotatable bonds is 9. The van der Waals surface area contributed by atoms with Crippen molar-refractivity contribution in [1.82, 2.24) is 25.1 Å². The molecular formula is C30H42F3N7O2. The standard InChI is InChI=1S/C30H42F3N7O2/c1-19(2)35-26(41)17-20(3)23-7-5-6-8-25(23)37-27-24(30(31,32)33)18-34-29(38-27)36-22-11-9-21(10-12-22)28(42)40-15-13-39(4)14-16-40/h9-12,18-20,23,25H,5-8,13-17H2,1-4H3,(H,35,41)(H2,34,36,37,38)/t20-,23+,25+/m0/s1. The fourth-order valence-electron chi connectivity index (χ4n) is 5.80. The number of piperazine rings is 1. The summed E-state index contributed by atoms with van der Waals surface area (Å²) in [5.41, 5.74) is 0.159. The van der Waals surface area contributed by atoms with Gasteiger partial charge in [-0.25, -0.2) is 4.98 Å². The van der Waals surface area contributed by atoms with Crippen LogP contribution in [0, 0.1) is 11.8 Å². The Labute approximate surface area is 245 Å². The topological polar surface area (TPSA) is 102 Å². The molecule has 0 radical (unpaired) electrons. The molecule has 4 rings (SSSR count). The van der Waals surface area contributed by atoms with Gasteiger partial charge in [-0.2, -0.15) is 18.2 Å². The Hall–Kier alpha value is -3.41. The molecule has 1 saturated heterocycles. The van der Waals surface area contributed by atoms with E-state index in [0.29, 0.717) is 37.2 Å². The van der Waals surface area contributed by atoms with E-state index in [1.54, 1.807) is 24.3 Å². The van der Waals surface area contributed by atoms with Crippen molar-refractivity contribution in [3.63, 3.8) is 0 Å². The molecular weight excluding hydrogens is 547 g/mol. The van der Waals surface area contributed by atoms with Gasteiger partial charge in [0, 0.05) is 62.1 Å². The van der Waals surface area contributed by atoms with Crippen LogP contribution >= 0.6 is 0 Å². The minimum absolute atomic E-state index is 0.0117. The lowest BCUT2D eigenvalue weighted by molar-refractivity contribution is -0.137. The van der Waals surface area contributed by atoms with E-state index in [-0.39, 0.29) is 47.5 Å². The molecule has 3 atom stereocenters. The summed E-state index contributed by atoms with van der Waals surface area (Å²) >= 11 is 0. The van der Waals surface area contributed by atoms with E-state index in [1.165, 1.54) is 0 Å². The quantitative estimate of drug-likeness (QED) is 0.372. The predicted octanol–water partition coefficient (Wildman–Crippen LogP) is 5.15. The molecule has 0 spiro atoms. The zero-order chi connectivity index (χ0) is 30.4. The third-order valence-corrected chi connectivity index (χ3v) is 8.10. The summed E-state index contributed by atoms with van der Waals surface area (Å²) in [5.74, 6) is -0.359. The van der Waals surface area contributed by atoms with Crippen LogP contribution in [-0.2, 0) is 11.0 Å². The first-order chi connectivity index (χ1) is 19.9. The molecule has 1 aliphatic heterocycles. The molecule has 1 saturated carbocycles. The first-order valence-electron chi connectivity index (χ1n) is 14.8. The van der Waals surface area contributed by atoms with E-state index in [2.05, 4.69) is 30.8 Å².